The van der Waals surface area contributed by atoms with Crippen molar-refractivity contribution in [3.63, 3.8) is 0 Å². The number of hydrogen-bond donors (Lipinski definition) is 5. The summed E-state index contributed by atoms with van der Waals surface area (Å²) in [7, 11) is 3.25. The summed E-state index contributed by atoms with van der Waals surface area (Å²) >= 11 is 0. The molecule has 0 amide bonds. The predicted molar refractivity (Wildman–Crippen MR) is 209 cm³/mol. The van der Waals surface area contributed by atoms with Crippen LogP contribution in [0.15, 0.2) is 131 Å². The second-order valence-corrected chi connectivity index (χ2v) is 12.0. The van der Waals surface area contributed by atoms with E-state index in [9.17, 15) is 0 Å². The van der Waals surface area contributed by atoms with Gasteiger partial charge in [-0.1, -0.05) is 24.3 Å². The normalized spacial score (nSPS) is 13.5. The number of benzene rings is 5. The maximum Gasteiger partial charge on any atom is 0.232 e. The van der Waals surface area contributed by atoms with Gasteiger partial charge in [-0.05, 0) is 108 Å². The summed E-state index contributed by atoms with van der Waals surface area (Å²) in [6.07, 6.45) is -0.733. The molecule has 14 nitrogen and oxygen atoms in total. The highest BCUT2D eigenvalue weighted by Gasteiger charge is 2.16. The molecule has 0 aliphatic carbocycles. The molecule has 2 heterocycles. The number of rotatable bonds is 13. The van der Waals surface area contributed by atoms with Gasteiger partial charge in [-0.15, -0.1) is 0 Å². The van der Waals surface area contributed by atoms with E-state index in [-0.39, 0.29) is 5.95 Å². The Morgan fingerprint density at radius 2 is 1.07 bits per heavy atom. The standard InChI is InChI=1S/C40H38N10O4/c1-51-31-19-11-29(12-20-31)43-39-47-35(45-37(41)49-39)27-7-15-33(16-8-27)53-23-25-3-5-26(6-4-25)24-54-34-17-9-28(10-18-34)36-46-38(42)50-40(48-36)44-30-13-21-32(52-2)22-14-30/h3-22,37H,23-24,41H2,1-2H3,(H2,43,45,47,49)(H3,42,44,46,48,50). The van der Waals surface area contributed by atoms with Crippen LogP contribution in [-0.2, 0) is 13.2 Å². The molecule has 1 unspecified atom stereocenters. The number of nitrogens with one attached hydrogen (secondary N) is 3. The van der Waals surface area contributed by atoms with Crippen LogP contribution < -0.4 is 46.4 Å². The lowest BCUT2D eigenvalue weighted by Gasteiger charge is -2.20. The van der Waals surface area contributed by atoms with Crippen molar-refractivity contribution in [2.75, 3.05) is 30.6 Å². The quantitative estimate of drug-likeness (QED) is 0.0923. The molecule has 0 radical (unpaired) electrons. The maximum atomic E-state index is 6.09. The van der Waals surface area contributed by atoms with Crippen molar-refractivity contribution in [1.29, 1.82) is 0 Å². The van der Waals surface area contributed by atoms with Crippen molar-refractivity contribution in [2.45, 2.75) is 19.5 Å². The fourth-order valence-corrected chi connectivity index (χ4v) is 5.35. The first-order valence-corrected chi connectivity index (χ1v) is 17.0. The molecule has 54 heavy (non-hydrogen) atoms. The molecule has 0 saturated heterocycles. The zero-order valence-electron chi connectivity index (χ0n) is 29.6. The van der Waals surface area contributed by atoms with Gasteiger partial charge in [0, 0.05) is 22.5 Å². The number of hydrogen-bond acceptors (Lipinski definition) is 14. The van der Waals surface area contributed by atoms with Gasteiger partial charge < -0.3 is 40.6 Å². The second kappa shape index (κ2) is 16.4. The molecule has 1 aliphatic rings. The van der Waals surface area contributed by atoms with Crippen molar-refractivity contribution in [1.82, 2.24) is 20.3 Å². The van der Waals surface area contributed by atoms with Crippen LogP contribution in [0, 0.1) is 0 Å². The molecular formula is C40H38N10O4. The molecule has 0 spiro atoms. The zero-order chi connectivity index (χ0) is 37.3. The molecule has 1 aliphatic heterocycles. The number of anilines is 4. The SMILES string of the molecule is COc1ccc(NC2=NC(N)N=C(c3ccc(OCc4ccc(COc5ccc(-c6nc(N)nc(Nc7ccc(OC)cc7)n6)cc5)cc4)cc3)N2)cc1. The van der Waals surface area contributed by atoms with Crippen molar-refractivity contribution < 1.29 is 18.9 Å². The molecular weight excluding hydrogens is 685 g/mol. The van der Waals surface area contributed by atoms with E-state index < -0.39 is 6.29 Å². The lowest BCUT2D eigenvalue weighted by molar-refractivity contribution is 0.302. The molecule has 0 bridgehead atoms. The molecule has 14 heteroatoms. The maximum absolute atomic E-state index is 6.09. The summed E-state index contributed by atoms with van der Waals surface area (Å²) in [4.78, 5) is 21.8. The highest BCUT2D eigenvalue weighted by molar-refractivity contribution is 6.13. The Labute approximate surface area is 311 Å². The fraction of sp³-hybridized carbons (Fsp3) is 0.125. The van der Waals surface area contributed by atoms with Crippen LogP contribution in [0.5, 0.6) is 23.0 Å². The number of guanidine groups is 1. The van der Waals surface area contributed by atoms with Crippen molar-refractivity contribution in [3.05, 3.63) is 138 Å². The summed E-state index contributed by atoms with van der Waals surface area (Å²) in [5, 5.41) is 9.59. The first kappa shape index (κ1) is 35.2. The summed E-state index contributed by atoms with van der Waals surface area (Å²) in [6.45, 7) is 0.813. The first-order valence-electron chi connectivity index (χ1n) is 17.0. The number of nitrogens with two attached hydrogens (primary N) is 2. The molecule has 5 aromatic carbocycles. The van der Waals surface area contributed by atoms with Crippen LogP contribution in [-0.4, -0.2) is 47.3 Å². The summed E-state index contributed by atoms with van der Waals surface area (Å²) in [5.74, 6) is 4.96. The highest BCUT2D eigenvalue weighted by Crippen LogP contribution is 2.24. The van der Waals surface area contributed by atoms with Crippen LogP contribution in [0.2, 0.25) is 0 Å². The first-order chi connectivity index (χ1) is 26.4. The van der Waals surface area contributed by atoms with Gasteiger partial charge in [0.25, 0.3) is 0 Å². The minimum absolute atomic E-state index is 0.112. The monoisotopic (exact) mass is 722 g/mol. The Morgan fingerprint density at radius 3 is 1.61 bits per heavy atom. The largest absolute Gasteiger partial charge is 0.497 e. The number of aliphatic imine (C=N–C) groups is 2. The van der Waals surface area contributed by atoms with E-state index in [0.717, 1.165) is 50.9 Å². The van der Waals surface area contributed by atoms with E-state index in [1.54, 1.807) is 14.2 Å². The van der Waals surface area contributed by atoms with Crippen LogP contribution in [0.25, 0.3) is 11.4 Å². The predicted octanol–water partition coefficient (Wildman–Crippen LogP) is 6.10. The van der Waals surface area contributed by atoms with Crippen LogP contribution >= 0.6 is 0 Å². The summed E-state index contributed by atoms with van der Waals surface area (Å²) < 4.78 is 22.5. The van der Waals surface area contributed by atoms with E-state index in [1.807, 2.05) is 121 Å². The highest BCUT2D eigenvalue weighted by atomic mass is 16.5. The third-order valence-electron chi connectivity index (χ3n) is 8.19. The van der Waals surface area contributed by atoms with Gasteiger partial charge in [-0.25, -0.2) is 9.98 Å². The smallest absolute Gasteiger partial charge is 0.232 e. The molecule has 1 aromatic heterocycles. The minimum atomic E-state index is -0.733. The Bertz CT molecular complexity index is 2230. The zero-order valence-corrected chi connectivity index (χ0v) is 29.6. The average Bonchev–Trinajstić information content (AvgIpc) is 3.20. The van der Waals surface area contributed by atoms with Gasteiger partial charge in [-0.3, -0.25) is 5.73 Å². The average molecular weight is 723 g/mol. The number of nitrogens with zero attached hydrogens (tertiary/aromatic N) is 5. The number of ether oxygens (including phenoxy) is 4. The van der Waals surface area contributed by atoms with Crippen molar-refractivity contribution in [3.8, 4) is 34.4 Å². The number of amidine groups is 1. The fourth-order valence-electron chi connectivity index (χ4n) is 5.35. The second-order valence-electron chi connectivity index (χ2n) is 12.0. The lowest BCUT2D eigenvalue weighted by atomic mass is 10.1. The molecule has 0 saturated carbocycles. The van der Waals surface area contributed by atoms with Crippen LogP contribution in [0.4, 0.5) is 23.3 Å². The van der Waals surface area contributed by atoms with Gasteiger partial charge in [-0.2, -0.15) is 15.0 Å². The van der Waals surface area contributed by atoms with E-state index in [2.05, 4.69) is 40.9 Å². The van der Waals surface area contributed by atoms with Crippen LogP contribution in [0.3, 0.4) is 0 Å². The Balaban J connectivity index is 0.880. The number of methoxy groups -OCH3 is 2. The molecule has 1 atom stereocenters. The molecule has 272 valence electrons. The summed E-state index contributed by atoms with van der Waals surface area (Å²) in [6, 6.07) is 38.2. The van der Waals surface area contributed by atoms with Crippen molar-refractivity contribution >= 4 is 35.1 Å². The van der Waals surface area contributed by atoms with E-state index >= 15 is 0 Å². The Hall–Kier alpha value is -7.19. The number of nitrogen functional groups attached to an aromatic ring is 1. The van der Waals surface area contributed by atoms with Gasteiger partial charge in [0.05, 0.1) is 14.2 Å². The Morgan fingerprint density at radius 1 is 0.574 bits per heavy atom. The topological polar surface area (TPSA) is 188 Å². The van der Waals surface area contributed by atoms with Crippen molar-refractivity contribution in [2.24, 2.45) is 15.7 Å². The van der Waals surface area contributed by atoms with Crippen LogP contribution in [0.1, 0.15) is 16.7 Å². The third-order valence-corrected chi connectivity index (χ3v) is 8.19. The van der Waals surface area contributed by atoms with E-state index in [4.69, 9.17) is 30.4 Å². The van der Waals surface area contributed by atoms with Gasteiger partial charge in [0.2, 0.25) is 17.9 Å². The number of aromatic nitrogens is 3. The van der Waals surface area contributed by atoms with E-state index in [1.165, 1.54) is 0 Å². The Kier molecular flexibility index (Phi) is 10.7. The summed E-state index contributed by atoms with van der Waals surface area (Å²) in [5.41, 5.74) is 17.4. The van der Waals surface area contributed by atoms with Gasteiger partial charge in [0.15, 0.2) is 12.1 Å². The van der Waals surface area contributed by atoms with Gasteiger partial charge >= 0.3 is 0 Å². The van der Waals surface area contributed by atoms with Gasteiger partial charge in [0.1, 0.15) is 42.0 Å². The molecule has 0 fully saturated rings. The molecule has 7 rings (SSSR count). The molecule has 6 aromatic rings. The minimum Gasteiger partial charge on any atom is -0.497 e. The lowest BCUT2D eigenvalue weighted by Crippen LogP contribution is -2.43. The molecule has 7 N–H and O–H groups in total. The van der Waals surface area contributed by atoms with E-state index in [0.29, 0.717) is 42.5 Å². The third kappa shape index (κ3) is 9.18.